The molecule has 0 aliphatic rings. The van der Waals surface area contributed by atoms with Crippen LogP contribution in [0, 0.1) is 0 Å². The molecule has 18 heavy (non-hydrogen) atoms. The molecular formula is C15H17N3. The van der Waals surface area contributed by atoms with Gasteiger partial charge in [0.1, 0.15) is 12.0 Å². The zero-order valence-electron chi connectivity index (χ0n) is 10.4. The molecule has 0 bridgehead atoms. The molecule has 3 N–H and O–H groups in total. The van der Waals surface area contributed by atoms with Crippen molar-refractivity contribution in [2.24, 2.45) is 10.7 Å². The van der Waals surface area contributed by atoms with E-state index < -0.39 is 0 Å². The first-order valence-corrected chi connectivity index (χ1v) is 5.93. The molecule has 1 atom stereocenters. The van der Waals surface area contributed by atoms with Crippen molar-refractivity contribution in [3.05, 3.63) is 71.8 Å². The number of hydrogen-bond donors (Lipinski definition) is 2. The van der Waals surface area contributed by atoms with E-state index in [0.29, 0.717) is 0 Å². The Bertz CT molecular complexity index is 506. The van der Waals surface area contributed by atoms with E-state index in [-0.39, 0.29) is 6.17 Å². The number of nitrogens with two attached hydrogens (primary N) is 1. The molecule has 1 unspecified atom stereocenters. The van der Waals surface area contributed by atoms with E-state index in [4.69, 9.17) is 5.73 Å². The number of amidine groups is 1. The predicted molar refractivity (Wildman–Crippen MR) is 75.4 cm³/mol. The average Bonchev–Trinajstić information content (AvgIpc) is 2.46. The van der Waals surface area contributed by atoms with Crippen LogP contribution in [0.15, 0.2) is 65.7 Å². The Morgan fingerprint density at radius 1 is 1.00 bits per heavy atom. The molecule has 0 radical (unpaired) electrons. The topological polar surface area (TPSA) is 50.4 Å². The third-order valence-corrected chi connectivity index (χ3v) is 2.69. The van der Waals surface area contributed by atoms with Crippen LogP contribution in [0.3, 0.4) is 0 Å². The summed E-state index contributed by atoms with van der Waals surface area (Å²) < 4.78 is 0. The summed E-state index contributed by atoms with van der Waals surface area (Å²) >= 11 is 0. The molecule has 0 spiro atoms. The molecule has 0 fully saturated rings. The van der Waals surface area contributed by atoms with Crippen molar-refractivity contribution in [1.29, 1.82) is 0 Å². The second-order valence-corrected chi connectivity index (χ2v) is 3.95. The van der Waals surface area contributed by atoms with Gasteiger partial charge in [-0.3, -0.25) is 0 Å². The van der Waals surface area contributed by atoms with Gasteiger partial charge >= 0.3 is 0 Å². The smallest absolute Gasteiger partial charge is 0.130 e. The number of rotatable bonds is 3. The fourth-order valence-electron chi connectivity index (χ4n) is 1.74. The molecule has 2 aromatic carbocycles. The van der Waals surface area contributed by atoms with Crippen molar-refractivity contribution in [2.75, 3.05) is 7.05 Å². The molecule has 0 aliphatic heterocycles. The highest BCUT2D eigenvalue weighted by atomic mass is 15.0. The Hall–Kier alpha value is -2.13. The fraction of sp³-hybridized carbons (Fsp3) is 0.133. The maximum atomic E-state index is 6.08. The summed E-state index contributed by atoms with van der Waals surface area (Å²) in [6, 6.07) is 19.8. The van der Waals surface area contributed by atoms with Gasteiger partial charge in [-0.2, -0.15) is 0 Å². The van der Waals surface area contributed by atoms with Crippen LogP contribution in [0.4, 0.5) is 0 Å². The normalized spacial score (nSPS) is 13.1. The Labute approximate surface area is 107 Å². The Morgan fingerprint density at radius 3 is 2.11 bits per heavy atom. The molecule has 2 aromatic rings. The lowest BCUT2D eigenvalue weighted by molar-refractivity contribution is 0.769. The third kappa shape index (κ3) is 2.96. The summed E-state index contributed by atoms with van der Waals surface area (Å²) in [6.45, 7) is 0. The largest absolute Gasteiger partial charge is 0.373 e. The maximum Gasteiger partial charge on any atom is 0.130 e. The van der Waals surface area contributed by atoms with Gasteiger partial charge in [0.2, 0.25) is 0 Å². The van der Waals surface area contributed by atoms with Gasteiger partial charge in [0.25, 0.3) is 0 Å². The number of aliphatic imine (C=N–C) groups is 1. The van der Waals surface area contributed by atoms with E-state index in [1.165, 1.54) is 0 Å². The molecule has 92 valence electrons. The van der Waals surface area contributed by atoms with E-state index in [0.717, 1.165) is 17.0 Å². The molecule has 0 saturated heterocycles. The van der Waals surface area contributed by atoms with Crippen molar-refractivity contribution in [3.8, 4) is 0 Å². The van der Waals surface area contributed by atoms with Crippen molar-refractivity contribution < 1.29 is 0 Å². The van der Waals surface area contributed by atoms with Crippen LogP contribution in [0.5, 0.6) is 0 Å². The quantitative estimate of drug-likeness (QED) is 0.638. The van der Waals surface area contributed by atoms with Gasteiger partial charge in [0.05, 0.1) is 0 Å². The minimum absolute atomic E-state index is 0.353. The Balaban J connectivity index is 2.25. The van der Waals surface area contributed by atoms with Crippen LogP contribution in [0.25, 0.3) is 0 Å². The van der Waals surface area contributed by atoms with Crippen LogP contribution in [-0.2, 0) is 0 Å². The highest BCUT2D eigenvalue weighted by molar-refractivity contribution is 5.98. The van der Waals surface area contributed by atoms with Gasteiger partial charge in [-0.25, -0.2) is 4.99 Å². The van der Waals surface area contributed by atoms with Gasteiger partial charge in [-0.15, -0.1) is 0 Å². The molecule has 0 heterocycles. The number of hydrogen-bond acceptors (Lipinski definition) is 2. The first-order chi connectivity index (χ1) is 8.81. The SMILES string of the molecule is CN/C(=N\C(N)c1ccccc1)c1ccccc1. The molecule has 0 aliphatic carbocycles. The van der Waals surface area contributed by atoms with Crippen molar-refractivity contribution in [3.63, 3.8) is 0 Å². The summed E-state index contributed by atoms with van der Waals surface area (Å²) in [5.74, 6) is 0.798. The van der Waals surface area contributed by atoms with Gasteiger partial charge in [0, 0.05) is 12.6 Å². The van der Waals surface area contributed by atoms with E-state index in [9.17, 15) is 0 Å². The van der Waals surface area contributed by atoms with Crippen LogP contribution in [-0.4, -0.2) is 12.9 Å². The Kier molecular flexibility index (Phi) is 4.10. The van der Waals surface area contributed by atoms with E-state index >= 15 is 0 Å². The van der Waals surface area contributed by atoms with Crippen molar-refractivity contribution in [2.45, 2.75) is 6.17 Å². The van der Waals surface area contributed by atoms with E-state index in [2.05, 4.69) is 10.3 Å². The molecular weight excluding hydrogens is 222 g/mol. The van der Waals surface area contributed by atoms with Gasteiger partial charge in [-0.05, 0) is 5.56 Å². The van der Waals surface area contributed by atoms with Crippen LogP contribution in [0.1, 0.15) is 17.3 Å². The van der Waals surface area contributed by atoms with Crippen LogP contribution < -0.4 is 11.1 Å². The van der Waals surface area contributed by atoms with Crippen molar-refractivity contribution in [1.82, 2.24) is 5.32 Å². The molecule has 0 saturated carbocycles. The van der Waals surface area contributed by atoms with E-state index in [1.807, 2.05) is 67.7 Å². The number of benzene rings is 2. The highest BCUT2D eigenvalue weighted by Gasteiger charge is 2.06. The maximum absolute atomic E-state index is 6.08. The lowest BCUT2D eigenvalue weighted by atomic mass is 10.1. The van der Waals surface area contributed by atoms with Gasteiger partial charge in [-0.1, -0.05) is 60.7 Å². The summed E-state index contributed by atoms with van der Waals surface area (Å²) in [6.07, 6.45) is -0.353. The van der Waals surface area contributed by atoms with Crippen molar-refractivity contribution >= 4 is 5.84 Å². The first kappa shape index (κ1) is 12.3. The number of nitrogens with zero attached hydrogens (tertiary/aromatic N) is 1. The summed E-state index contributed by atoms with van der Waals surface area (Å²) in [5, 5.41) is 3.09. The minimum Gasteiger partial charge on any atom is -0.373 e. The predicted octanol–water partition coefficient (Wildman–Crippen LogP) is 2.31. The summed E-state index contributed by atoms with van der Waals surface area (Å²) in [5.41, 5.74) is 8.12. The van der Waals surface area contributed by atoms with Crippen LogP contribution >= 0.6 is 0 Å². The third-order valence-electron chi connectivity index (χ3n) is 2.69. The zero-order valence-corrected chi connectivity index (χ0v) is 10.4. The molecule has 3 nitrogen and oxygen atoms in total. The van der Waals surface area contributed by atoms with E-state index in [1.54, 1.807) is 0 Å². The first-order valence-electron chi connectivity index (χ1n) is 5.93. The van der Waals surface area contributed by atoms with Gasteiger partial charge in [0.15, 0.2) is 0 Å². The lowest BCUT2D eigenvalue weighted by Crippen LogP contribution is -2.22. The second-order valence-electron chi connectivity index (χ2n) is 3.95. The lowest BCUT2D eigenvalue weighted by Gasteiger charge is -2.11. The molecule has 0 amide bonds. The second kappa shape index (κ2) is 5.98. The highest BCUT2D eigenvalue weighted by Crippen LogP contribution is 2.12. The molecule has 0 aromatic heterocycles. The summed E-state index contributed by atoms with van der Waals surface area (Å²) in [4.78, 5) is 4.52. The average molecular weight is 239 g/mol. The van der Waals surface area contributed by atoms with Gasteiger partial charge < -0.3 is 11.1 Å². The number of nitrogens with one attached hydrogen (secondary N) is 1. The molecule has 3 heteroatoms. The molecule has 2 rings (SSSR count). The minimum atomic E-state index is -0.353. The monoisotopic (exact) mass is 239 g/mol. The standard InChI is InChI=1S/C15H17N3/c1-17-15(13-10-6-3-7-11-13)18-14(16)12-8-4-2-5-9-12/h2-11,14H,16H2,1H3,(H,17,18). The summed E-state index contributed by atoms with van der Waals surface area (Å²) in [7, 11) is 1.85. The Morgan fingerprint density at radius 2 is 1.56 bits per heavy atom. The fourth-order valence-corrected chi connectivity index (χ4v) is 1.74. The zero-order chi connectivity index (χ0) is 12.8. The van der Waals surface area contributed by atoms with Crippen LogP contribution in [0.2, 0.25) is 0 Å².